The molecule has 1 fully saturated rings. The third-order valence-electron chi connectivity index (χ3n) is 4.58. The number of likely N-dealkylation sites (tertiary alicyclic amines) is 1. The first-order valence-electron chi connectivity index (χ1n) is 9.08. The first-order valence-corrected chi connectivity index (χ1v) is 9.08. The summed E-state index contributed by atoms with van der Waals surface area (Å²) >= 11 is 0. The normalized spacial score (nSPS) is 15.9. The minimum atomic E-state index is -0.850. The molecule has 3 amide bonds. The van der Waals surface area contributed by atoms with Crippen molar-refractivity contribution < 1.29 is 28.2 Å². The third-order valence-corrected chi connectivity index (χ3v) is 4.58. The summed E-state index contributed by atoms with van der Waals surface area (Å²) < 4.78 is 24.1. The van der Waals surface area contributed by atoms with Gasteiger partial charge < -0.3 is 14.8 Å². The molecule has 0 radical (unpaired) electrons. The van der Waals surface area contributed by atoms with Crippen molar-refractivity contribution in [3.8, 4) is 11.5 Å². The Hall–Kier alpha value is -3.42. The quantitative estimate of drug-likeness (QED) is 0.806. The van der Waals surface area contributed by atoms with Gasteiger partial charge in [0.1, 0.15) is 30.0 Å². The number of carbonyl (C=O) groups excluding carboxylic acids is 3. The molecular weight excluding hydrogens is 379 g/mol. The number of benzene rings is 2. The minimum absolute atomic E-state index is 0.149. The standard InChI is InChI=1S/C21H21FN2O5/c1-13(25)24-18(7-9-20(24)26)21(27)23-17-10-14(6-8-19(17)28-2)12-29-16-5-3-4-15(22)11-16/h3-6,8,10-11,18H,7,9,12H2,1-2H3,(H,23,27). The monoisotopic (exact) mass is 400 g/mol. The van der Waals surface area contributed by atoms with Gasteiger partial charge in [-0.25, -0.2) is 4.39 Å². The second-order valence-corrected chi connectivity index (χ2v) is 6.61. The molecule has 1 aliphatic rings. The van der Waals surface area contributed by atoms with E-state index < -0.39 is 23.7 Å². The molecule has 1 heterocycles. The van der Waals surface area contributed by atoms with Crippen molar-refractivity contribution in [1.82, 2.24) is 4.90 Å². The zero-order valence-corrected chi connectivity index (χ0v) is 16.1. The SMILES string of the molecule is COc1ccc(COc2cccc(F)c2)cc1NC(=O)C1CCC(=O)N1C(C)=O. The second kappa shape index (κ2) is 8.72. The minimum Gasteiger partial charge on any atom is -0.495 e. The molecule has 0 spiro atoms. The Labute approximate surface area is 167 Å². The Morgan fingerprint density at radius 2 is 2.03 bits per heavy atom. The van der Waals surface area contributed by atoms with Gasteiger partial charge in [-0.15, -0.1) is 0 Å². The highest BCUT2D eigenvalue weighted by Gasteiger charge is 2.38. The van der Waals surface area contributed by atoms with Crippen LogP contribution in [-0.2, 0) is 21.0 Å². The van der Waals surface area contributed by atoms with Crippen molar-refractivity contribution >= 4 is 23.4 Å². The molecule has 1 atom stereocenters. The van der Waals surface area contributed by atoms with Crippen LogP contribution in [0, 0.1) is 5.82 Å². The van der Waals surface area contributed by atoms with E-state index in [-0.39, 0.29) is 25.4 Å². The van der Waals surface area contributed by atoms with Gasteiger partial charge in [0.15, 0.2) is 0 Å². The molecule has 1 aliphatic heterocycles. The van der Waals surface area contributed by atoms with E-state index in [9.17, 15) is 18.8 Å². The van der Waals surface area contributed by atoms with Crippen molar-refractivity contribution in [1.29, 1.82) is 0 Å². The predicted octanol–water partition coefficient (Wildman–Crippen LogP) is 2.89. The Morgan fingerprint density at radius 1 is 1.24 bits per heavy atom. The number of nitrogens with one attached hydrogen (secondary N) is 1. The average Bonchev–Trinajstić information content (AvgIpc) is 3.08. The summed E-state index contributed by atoms with van der Waals surface area (Å²) in [5.74, 6) is -0.878. The summed E-state index contributed by atoms with van der Waals surface area (Å²) in [5, 5.41) is 2.73. The summed E-state index contributed by atoms with van der Waals surface area (Å²) in [5.41, 5.74) is 1.11. The second-order valence-electron chi connectivity index (χ2n) is 6.61. The Balaban J connectivity index is 1.74. The first kappa shape index (κ1) is 20.3. The highest BCUT2D eigenvalue weighted by atomic mass is 19.1. The number of imide groups is 1. The number of amides is 3. The van der Waals surface area contributed by atoms with Gasteiger partial charge >= 0.3 is 0 Å². The number of halogens is 1. The highest BCUT2D eigenvalue weighted by Crippen LogP contribution is 2.28. The molecule has 1 unspecified atom stereocenters. The van der Waals surface area contributed by atoms with E-state index in [0.717, 1.165) is 10.5 Å². The van der Waals surface area contributed by atoms with Crippen LogP contribution in [0.2, 0.25) is 0 Å². The van der Waals surface area contributed by atoms with Gasteiger partial charge in [0, 0.05) is 19.4 Å². The van der Waals surface area contributed by atoms with Crippen molar-refractivity contribution in [3.05, 3.63) is 53.8 Å². The van der Waals surface area contributed by atoms with Crippen molar-refractivity contribution in [2.75, 3.05) is 12.4 Å². The number of nitrogens with zero attached hydrogens (tertiary/aromatic N) is 1. The highest BCUT2D eigenvalue weighted by molar-refractivity contribution is 6.06. The van der Waals surface area contributed by atoms with E-state index in [2.05, 4.69) is 5.32 Å². The number of hydrogen-bond acceptors (Lipinski definition) is 5. The molecule has 1 N–H and O–H groups in total. The predicted molar refractivity (Wildman–Crippen MR) is 103 cm³/mol. The largest absolute Gasteiger partial charge is 0.495 e. The molecule has 29 heavy (non-hydrogen) atoms. The molecule has 0 aromatic heterocycles. The van der Waals surface area contributed by atoms with Crippen molar-refractivity contribution in [3.63, 3.8) is 0 Å². The first-order chi connectivity index (χ1) is 13.9. The topological polar surface area (TPSA) is 84.9 Å². The lowest BCUT2D eigenvalue weighted by Crippen LogP contribution is -2.44. The molecule has 0 aliphatic carbocycles. The molecule has 3 rings (SSSR count). The number of anilines is 1. The lowest BCUT2D eigenvalue weighted by Gasteiger charge is -2.21. The zero-order valence-electron chi connectivity index (χ0n) is 16.1. The van der Waals surface area contributed by atoms with Crippen LogP contribution in [0.5, 0.6) is 11.5 Å². The van der Waals surface area contributed by atoms with E-state index in [1.54, 1.807) is 30.3 Å². The van der Waals surface area contributed by atoms with Crippen LogP contribution in [0.15, 0.2) is 42.5 Å². The maximum Gasteiger partial charge on any atom is 0.247 e. The lowest BCUT2D eigenvalue weighted by atomic mass is 10.1. The smallest absolute Gasteiger partial charge is 0.247 e. The summed E-state index contributed by atoms with van der Waals surface area (Å²) in [7, 11) is 1.47. The molecule has 2 aromatic rings. The van der Waals surface area contributed by atoms with Crippen LogP contribution >= 0.6 is 0 Å². The Morgan fingerprint density at radius 3 is 2.72 bits per heavy atom. The van der Waals surface area contributed by atoms with Gasteiger partial charge in [-0.2, -0.15) is 0 Å². The van der Waals surface area contributed by atoms with Crippen LogP contribution in [0.4, 0.5) is 10.1 Å². The van der Waals surface area contributed by atoms with Crippen LogP contribution < -0.4 is 14.8 Å². The van der Waals surface area contributed by atoms with Gasteiger partial charge in [0.25, 0.3) is 0 Å². The Kier molecular flexibility index (Phi) is 6.11. The summed E-state index contributed by atoms with van der Waals surface area (Å²) in [6, 6.07) is 10.0. The fourth-order valence-corrected chi connectivity index (χ4v) is 3.21. The number of carbonyl (C=O) groups is 3. The van der Waals surface area contributed by atoms with Crippen LogP contribution in [-0.4, -0.2) is 35.8 Å². The van der Waals surface area contributed by atoms with Crippen molar-refractivity contribution in [2.45, 2.75) is 32.4 Å². The number of methoxy groups -OCH3 is 1. The average molecular weight is 400 g/mol. The fraction of sp³-hybridized carbons (Fsp3) is 0.286. The van der Waals surface area contributed by atoms with Crippen molar-refractivity contribution in [2.24, 2.45) is 0 Å². The summed E-state index contributed by atoms with van der Waals surface area (Å²) in [6.45, 7) is 1.41. The summed E-state index contributed by atoms with van der Waals surface area (Å²) in [4.78, 5) is 37.2. The third kappa shape index (κ3) is 4.71. The van der Waals surface area contributed by atoms with Crippen LogP contribution in [0.3, 0.4) is 0 Å². The molecule has 7 nitrogen and oxygen atoms in total. The lowest BCUT2D eigenvalue weighted by molar-refractivity contribution is -0.145. The molecule has 152 valence electrons. The maximum absolute atomic E-state index is 13.3. The van der Waals surface area contributed by atoms with Gasteiger partial charge in [-0.3, -0.25) is 19.3 Å². The van der Waals surface area contributed by atoms with Crippen LogP contribution in [0.25, 0.3) is 0 Å². The van der Waals surface area contributed by atoms with E-state index in [1.807, 2.05) is 0 Å². The molecular formula is C21H21FN2O5. The number of ether oxygens (including phenoxy) is 2. The van der Waals surface area contributed by atoms with Crippen LogP contribution in [0.1, 0.15) is 25.3 Å². The fourth-order valence-electron chi connectivity index (χ4n) is 3.21. The zero-order chi connectivity index (χ0) is 21.0. The molecule has 2 aromatic carbocycles. The van der Waals surface area contributed by atoms with Gasteiger partial charge in [-0.05, 0) is 36.2 Å². The Bertz CT molecular complexity index is 946. The van der Waals surface area contributed by atoms with E-state index >= 15 is 0 Å². The molecule has 0 bridgehead atoms. The number of hydrogen-bond donors (Lipinski definition) is 1. The van der Waals surface area contributed by atoms with Gasteiger partial charge in [-0.1, -0.05) is 12.1 Å². The van der Waals surface area contributed by atoms with Gasteiger partial charge in [0.2, 0.25) is 17.7 Å². The van der Waals surface area contributed by atoms with E-state index in [4.69, 9.17) is 9.47 Å². The maximum atomic E-state index is 13.3. The molecule has 8 heteroatoms. The molecule has 0 saturated carbocycles. The molecule has 1 saturated heterocycles. The summed E-state index contributed by atoms with van der Waals surface area (Å²) in [6.07, 6.45) is 0.422. The van der Waals surface area contributed by atoms with E-state index in [1.165, 1.54) is 26.2 Å². The van der Waals surface area contributed by atoms with Gasteiger partial charge in [0.05, 0.1) is 12.8 Å². The number of rotatable bonds is 6. The van der Waals surface area contributed by atoms with E-state index in [0.29, 0.717) is 17.2 Å².